The second-order valence-electron chi connectivity index (χ2n) is 13.1. The Morgan fingerprint density at radius 3 is 2.24 bits per heavy atom. The number of hydrogen-bond donors (Lipinski definition) is 1. The minimum atomic E-state index is -0.420. The molecule has 2 amide bonds. The monoisotopic (exact) mass is 554 g/mol. The summed E-state index contributed by atoms with van der Waals surface area (Å²) in [6, 6.07) is 14.9. The molecular weight excluding hydrogens is 512 g/mol. The minimum absolute atomic E-state index is 0.324. The lowest BCUT2D eigenvalue weighted by molar-refractivity contribution is -0.143. The highest BCUT2D eigenvalue weighted by atomic mass is 16.5. The third-order valence-electron chi connectivity index (χ3n) is 10.4. The van der Waals surface area contributed by atoms with Gasteiger partial charge >= 0.3 is 0 Å². The summed E-state index contributed by atoms with van der Waals surface area (Å²) in [6.07, 6.45) is 10.1. The van der Waals surface area contributed by atoms with Crippen LogP contribution in [0.4, 0.5) is 0 Å². The summed E-state index contributed by atoms with van der Waals surface area (Å²) in [6.45, 7) is 2.57. The summed E-state index contributed by atoms with van der Waals surface area (Å²) in [7, 11) is 3.87. The van der Waals surface area contributed by atoms with Gasteiger partial charge in [-0.1, -0.05) is 25.3 Å². The number of methoxy groups -OCH3 is 1. The fourth-order valence-corrected chi connectivity index (χ4v) is 8.17. The average Bonchev–Trinajstić information content (AvgIpc) is 3.64. The van der Waals surface area contributed by atoms with Gasteiger partial charge in [0.25, 0.3) is 0 Å². The Balaban J connectivity index is 1.38. The number of nitrogens with zero attached hydrogens (tertiary/aromatic N) is 3. The molecule has 3 heterocycles. The molecule has 2 aromatic carbocycles. The van der Waals surface area contributed by atoms with E-state index in [-0.39, 0.29) is 0 Å². The van der Waals surface area contributed by atoms with Gasteiger partial charge in [-0.25, -0.2) is 0 Å². The highest BCUT2D eigenvalue weighted by Crippen LogP contribution is 2.53. The van der Waals surface area contributed by atoms with Crippen molar-refractivity contribution in [2.45, 2.75) is 82.3 Å². The largest absolute Gasteiger partial charge is 0.497 e. The molecule has 216 valence electrons. The Labute approximate surface area is 242 Å². The van der Waals surface area contributed by atoms with Gasteiger partial charge in [0.1, 0.15) is 5.75 Å². The third kappa shape index (κ3) is 4.53. The molecule has 2 bridgehead atoms. The highest BCUT2D eigenvalue weighted by Gasteiger charge is 2.56. The number of carbonyl (C=O) groups excluding carboxylic acids is 2. The van der Waals surface area contributed by atoms with Gasteiger partial charge in [-0.15, -0.1) is 0 Å². The average molecular weight is 555 g/mol. The molecule has 7 nitrogen and oxygen atoms in total. The summed E-state index contributed by atoms with van der Waals surface area (Å²) in [5.41, 5.74) is 10.6. The first-order chi connectivity index (χ1) is 19.9. The van der Waals surface area contributed by atoms with E-state index in [0.717, 1.165) is 68.4 Å². The summed E-state index contributed by atoms with van der Waals surface area (Å²) in [4.78, 5) is 31.4. The van der Waals surface area contributed by atoms with Crippen LogP contribution in [0.5, 0.6) is 5.75 Å². The van der Waals surface area contributed by atoms with Gasteiger partial charge in [0.2, 0.25) is 11.8 Å². The van der Waals surface area contributed by atoms with Gasteiger partial charge in [0.05, 0.1) is 18.2 Å². The molecule has 7 heteroatoms. The van der Waals surface area contributed by atoms with Crippen LogP contribution in [0.2, 0.25) is 0 Å². The smallest absolute Gasteiger partial charge is 0.248 e. The van der Waals surface area contributed by atoms with E-state index < -0.39 is 11.3 Å². The molecule has 4 aliphatic rings. The van der Waals surface area contributed by atoms with Crippen molar-refractivity contribution in [1.82, 2.24) is 14.4 Å². The van der Waals surface area contributed by atoms with Crippen molar-refractivity contribution < 1.29 is 14.3 Å². The lowest BCUT2D eigenvalue weighted by atomic mass is 9.81. The molecule has 2 saturated heterocycles. The molecule has 41 heavy (non-hydrogen) atoms. The van der Waals surface area contributed by atoms with E-state index >= 15 is 0 Å². The number of likely N-dealkylation sites (N-methyl/N-ethyl adjacent to an activating group) is 1. The summed E-state index contributed by atoms with van der Waals surface area (Å²) in [5.74, 6) is 1.19. The molecule has 2 N–H and O–H groups in total. The molecule has 2 aliphatic carbocycles. The zero-order valence-electron chi connectivity index (χ0n) is 24.4. The molecule has 2 saturated carbocycles. The van der Waals surface area contributed by atoms with E-state index in [1.54, 1.807) is 7.11 Å². The molecule has 2 aliphatic heterocycles. The van der Waals surface area contributed by atoms with Gasteiger partial charge in [-0.05, 0) is 99.0 Å². The van der Waals surface area contributed by atoms with Crippen molar-refractivity contribution in [3.8, 4) is 17.0 Å². The van der Waals surface area contributed by atoms with Crippen LogP contribution in [0.3, 0.4) is 0 Å². The number of carbonyl (C=O) groups is 2. The lowest BCUT2D eigenvalue weighted by Crippen LogP contribution is -2.56. The van der Waals surface area contributed by atoms with Crippen LogP contribution in [0.1, 0.15) is 79.6 Å². The molecule has 7 rings (SSSR count). The Morgan fingerprint density at radius 1 is 0.951 bits per heavy atom. The van der Waals surface area contributed by atoms with Crippen molar-refractivity contribution in [1.29, 1.82) is 0 Å². The number of hydrogen-bond acceptors (Lipinski definition) is 4. The zero-order chi connectivity index (χ0) is 28.3. The molecule has 2 atom stereocenters. The van der Waals surface area contributed by atoms with E-state index in [0.29, 0.717) is 36.0 Å². The van der Waals surface area contributed by atoms with Gasteiger partial charge in [0.15, 0.2) is 0 Å². The number of primary amides is 1. The maximum absolute atomic E-state index is 14.4. The summed E-state index contributed by atoms with van der Waals surface area (Å²) < 4.78 is 7.88. The molecule has 4 fully saturated rings. The number of benzene rings is 2. The fraction of sp³-hybridized carbons (Fsp3) is 0.529. The van der Waals surface area contributed by atoms with Gasteiger partial charge in [-0.3, -0.25) is 9.59 Å². The van der Waals surface area contributed by atoms with Crippen LogP contribution >= 0.6 is 0 Å². The van der Waals surface area contributed by atoms with E-state index in [9.17, 15) is 9.59 Å². The van der Waals surface area contributed by atoms with E-state index in [1.807, 2.05) is 24.3 Å². The number of fused-ring (bicyclic) bond motifs is 3. The predicted octanol–water partition coefficient (Wildman–Crippen LogP) is 5.55. The number of aromatic nitrogens is 1. The quantitative estimate of drug-likeness (QED) is 0.415. The lowest BCUT2D eigenvalue weighted by Gasteiger charge is -2.41. The molecule has 0 radical (unpaired) electrons. The highest BCUT2D eigenvalue weighted by molar-refractivity contribution is 6.00. The van der Waals surface area contributed by atoms with E-state index in [2.05, 4.69) is 39.6 Å². The minimum Gasteiger partial charge on any atom is -0.497 e. The molecule has 3 aromatic rings. The summed E-state index contributed by atoms with van der Waals surface area (Å²) in [5, 5.41) is 1.19. The van der Waals surface area contributed by atoms with Crippen LogP contribution < -0.4 is 10.5 Å². The van der Waals surface area contributed by atoms with Gasteiger partial charge < -0.3 is 24.8 Å². The van der Waals surface area contributed by atoms with Crippen molar-refractivity contribution >= 4 is 22.7 Å². The first-order valence-corrected chi connectivity index (χ1v) is 15.5. The van der Waals surface area contributed by atoms with Gasteiger partial charge in [-0.2, -0.15) is 0 Å². The normalized spacial score (nSPS) is 24.1. The summed E-state index contributed by atoms with van der Waals surface area (Å²) >= 11 is 0. The van der Waals surface area contributed by atoms with E-state index in [1.165, 1.54) is 35.9 Å². The Hall–Kier alpha value is -3.32. The molecule has 2 unspecified atom stereocenters. The number of ether oxygens (including phenoxy) is 1. The van der Waals surface area contributed by atoms with Crippen LogP contribution in [0, 0.1) is 5.41 Å². The second kappa shape index (κ2) is 10.2. The molecule has 0 spiro atoms. The van der Waals surface area contributed by atoms with Gasteiger partial charge in [0, 0.05) is 48.2 Å². The predicted molar refractivity (Wildman–Crippen MR) is 161 cm³/mol. The van der Waals surface area contributed by atoms with Crippen LogP contribution in [0.25, 0.3) is 22.2 Å². The Kier molecular flexibility index (Phi) is 6.61. The standard InChI is InChI=1S/C34H42N4O3/c1-36-19-25-11-12-26(20-36)38(25)33(40)34(16-17-34)21-37-29-18-24(32(35)39)10-15-28(29)30(22-6-4-3-5-7-22)31(37)23-8-13-27(41-2)14-9-23/h8-10,13-15,18,22,25-26H,3-7,11-12,16-17,19-21H2,1-2H3,(H2,35,39). The molecular formula is C34H42N4O3. The zero-order valence-corrected chi connectivity index (χ0v) is 24.4. The maximum Gasteiger partial charge on any atom is 0.248 e. The number of rotatable bonds is 7. The van der Waals surface area contributed by atoms with Crippen LogP contribution in [-0.4, -0.2) is 65.5 Å². The number of amides is 2. The van der Waals surface area contributed by atoms with Crippen molar-refractivity contribution in [3.05, 3.63) is 53.6 Å². The van der Waals surface area contributed by atoms with Crippen molar-refractivity contribution in [2.24, 2.45) is 11.1 Å². The third-order valence-corrected chi connectivity index (χ3v) is 10.4. The number of piperazine rings is 1. The first-order valence-electron chi connectivity index (χ1n) is 15.5. The number of likely N-dealkylation sites (tertiary alicyclic amines) is 1. The van der Waals surface area contributed by atoms with Crippen LogP contribution in [-0.2, 0) is 11.3 Å². The van der Waals surface area contributed by atoms with Crippen molar-refractivity contribution in [2.75, 3.05) is 27.2 Å². The Bertz CT molecular complexity index is 1470. The fourth-order valence-electron chi connectivity index (χ4n) is 8.17. The van der Waals surface area contributed by atoms with Crippen molar-refractivity contribution in [3.63, 3.8) is 0 Å². The topological polar surface area (TPSA) is 80.8 Å². The molecule has 1 aromatic heterocycles. The van der Waals surface area contributed by atoms with E-state index in [4.69, 9.17) is 10.5 Å². The maximum atomic E-state index is 14.4. The van der Waals surface area contributed by atoms with Crippen LogP contribution in [0.15, 0.2) is 42.5 Å². The first kappa shape index (κ1) is 26.6. The SMILES string of the molecule is COc1ccc(-c2c(C3CCCCC3)c3ccc(C(N)=O)cc3n2CC2(C(=O)N3C4CCC3CN(C)C4)CC2)cc1. The second-order valence-corrected chi connectivity index (χ2v) is 13.1. The Morgan fingerprint density at radius 2 is 1.63 bits per heavy atom. The number of nitrogens with two attached hydrogens (primary N) is 1.